The predicted molar refractivity (Wildman–Crippen MR) is 126 cm³/mol. The molecule has 33 heavy (non-hydrogen) atoms. The minimum Gasteiger partial charge on any atom is -0.493 e. The topological polar surface area (TPSA) is 82.4 Å². The number of carbonyl (C=O) groups excluding carboxylic acids is 1. The average Bonchev–Trinajstić information content (AvgIpc) is 3.46. The highest BCUT2D eigenvalue weighted by molar-refractivity contribution is 7.09. The Morgan fingerprint density at radius 1 is 1.12 bits per heavy atom. The lowest BCUT2D eigenvalue weighted by atomic mass is 10.0. The van der Waals surface area contributed by atoms with E-state index in [9.17, 15) is 4.79 Å². The van der Waals surface area contributed by atoms with Gasteiger partial charge in [0.2, 0.25) is 0 Å². The second kappa shape index (κ2) is 9.19. The highest BCUT2D eigenvalue weighted by Crippen LogP contribution is 2.31. The van der Waals surface area contributed by atoms with Crippen LogP contribution in [0.3, 0.4) is 0 Å². The van der Waals surface area contributed by atoms with Gasteiger partial charge in [-0.3, -0.25) is 4.79 Å². The van der Waals surface area contributed by atoms with Crippen molar-refractivity contribution in [2.75, 3.05) is 20.2 Å². The number of imidazole rings is 1. The largest absolute Gasteiger partial charge is 0.493 e. The van der Waals surface area contributed by atoms with Gasteiger partial charge in [0.1, 0.15) is 23.6 Å². The Balaban J connectivity index is 1.36. The summed E-state index contributed by atoms with van der Waals surface area (Å²) in [5, 5.41) is 2.74. The van der Waals surface area contributed by atoms with Crippen molar-refractivity contribution in [3.8, 4) is 11.5 Å². The number of pyridine rings is 1. The van der Waals surface area contributed by atoms with E-state index in [1.54, 1.807) is 13.3 Å². The molecule has 0 spiro atoms. The van der Waals surface area contributed by atoms with Crippen LogP contribution in [-0.2, 0) is 6.61 Å². The molecule has 0 aliphatic carbocycles. The van der Waals surface area contributed by atoms with Gasteiger partial charge in [-0.15, -0.1) is 11.3 Å². The van der Waals surface area contributed by atoms with E-state index >= 15 is 0 Å². The van der Waals surface area contributed by atoms with Gasteiger partial charge in [0.25, 0.3) is 5.91 Å². The zero-order valence-electron chi connectivity index (χ0n) is 18.6. The molecule has 1 saturated heterocycles. The zero-order chi connectivity index (χ0) is 22.8. The number of carbonyl (C=O) groups is 1. The number of fused-ring (bicyclic) bond motifs is 1. The number of amides is 1. The van der Waals surface area contributed by atoms with Gasteiger partial charge in [0.15, 0.2) is 17.1 Å². The van der Waals surface area contributed by atoms with Crippen molar-refractivity contribution < 1.29 is 14.3 Å². The molecular weight excluding hydrogens is 438 g/mol. The monoisotopic (exact) mass is 463 g/mol. The maximum absolute atomic E-state index is 12.8. The van der Waals surface area contributed by atoms with E-state index in [1.165, 1.54) is 11.3 Å². The van der Waals surface area contributed by atoms with Crippen molar-refractivity contribution in [1.82, 2.24) is 24.4 Å². The molecule has 0 unspecified atom stereocenters. The number of para-hydroxylation sites is 2. The van der Waals surface area contributed by atoms with Crippen molar-refractivity contribution in [3.63, 3.8) is 0 Å². The quantitative estimate of drug-likeness (QED) is 0.425. The molecule has 0 atom stereocenters. The van der Waals surface area contributed by atoms with E-state index < -0.39 is 0 Å². The molecule has 3 aromatic heterocycles. The first-order chi connectivity index (χ1) is 16.1. The minimum atomic E-state index is 0.00569. The van der Waals surface area contributed by atoms with Gasteiger partial charge in [-0.1, -0.05) is 12.1 Å². The average molecular weight is 464 g/mol. The number of piperidine rings is 1. The molecule has 1 aliphatic rings. The first kappa shape index (κ1) is 21.4. The van der Waals surface area contributed by atoms with Gasteiger partial charge in [-0.25, -0.2) is 15.0 Å². The lowest BCUT2D eigenvalue weighted by molar-refractivity contribution is 0.0688. The fourth-order valence-electron chi connectivity index (χ4n) is 4.29. The summed E-state index contributed by atoms with van der Waals surface area (Å²) in [6.07, 6.45) is 3.42. The number of aromatic nitrogens is 4. The lowest BCUT2D eigenvalue weighted by Gasteiger charge is -2.33. The number of likely N-dealkylation sites (tertiary alicyclic amines) is 1. The van der Waals surface area contributed by atoms with Gasteiger partial charge in [0.05, 0.1) is 12.1 Å². The molecule has 170 valence electrons. The molecule has 1 aromatic carbocycles. The van der Waals surface area contributed by atoms with Crippen LogP contribution in [0.1, 0.15) is 40.2 Å². The van der Waals surface area contributed by atoms with Crippen LogP contribution in [0.25, 0.3) is 11.2 Å². The van der Waals surface area contributed by atoms with Crippen LogP contribution in [0.15, 0.2) is 48.0 Å². The Morgan fingerprint density at radius 3 is 2.64 bits per heavy atom. The molecule has 4 aromatic rings. The Morgan fingerprint density at radius 2 is 1.91 bits per heavy atom. The molecule has 5 rings (SSSR count). The van der Waals surface area contributed by atoms with Gasteiger partial charge in [0, 0.05) is 30.7 Å². The Hall–Kier alpha value is -3.46. The van der Waals surface area contributed by atoms with Crippen LogP contribution < -0.4 is 9.47 Å². The number of nitrogens with zero attached hydrogens (tertiary/aromatic N) is 5. The molecule has 1 amide bonds. The number of ether oxygens (including phenoxy) is 2. The van der Waals surface area contributed by atoms with E-state index in [-0.39, 0.29) is 11.9 Å². The van der Waals surface area contributed by atoms with E-state index in [4.69, 9.17) is 14.5 Å². The molecule has 1 fully saturated rings. The number of aryl methyl sites for hydroxylation is 1. The van der Waals surface area contributed by atoms with Gasteiger partial charge in [-0.05, 0) is 44.0 Å². The summed E-state index contributed by atoms with van der Waals surface area (Å²) in [5.74, 6) is 2.17. The number of hydrogen-bond acceptors (Lipinski definition) is 7. The Labute approximate surface area is 195 Å². The Bertz CT molecular complexity index is 1280. The number of benzene rings is 1. The highest BCUT2D eigenvalue weighted by atomic mass is 32.1. The van der Waals surface area contributed by atoms with E-state index in [2.05, 4.69) is 14.5 Å². The van der Waals surface area contributed by atoms with E-state index in [1.807, 2.05) is 53.6 Å². The minimum absolute atomic E-state index is 0.00569. The first-order valence-corrected chi connectivity index (χ1v) is 11.8. The first-order valence-electron chi connectivity index (χ1n) is 10.9. The van der Waals surface area contributed by atoms with Crippen LogP contribution in [0.4, 0.5) is 0 Å². The highest BCUT2D eigenvalue weighted by Gasteiger charge is 2.28. The molecule has 1 aliphatic heterocycles. The van der Waals surface area contributed by atoms with Crippen LogP contribution in [0, 0.1) is 6.92 Å². The molecule has 0 N–H and O–H groups in total. The normalized spacial score (nSPS) is 14.5. The summed E-state index contributed by atoms with van der Waals surface area (Å²) in [6.45, 7) is 3.55. The number of hydrogen-bond donors (Lipinski definition) is 0. The zero-order valence-corrected chi connectivity index (χ0v) is 19.4. The summed E-state index contributed by atoms with van der Waals surface area (Å²) in [5.41, 5.74) is 2.22. The van der Waals surface area contributed by atoms with Crippen LogP contribution in [0.5, 0.6) is 11.5 Å². The maximum atomic E-state index is 12.8. The SMILES string of the molecule is COc1ccccc1OCc1nc2cccnc2n1C1CCN(C(=O)c2csc(C)n2)CC1. The molecular formula is C24H25N5O3S. The van der Waals surface area contributed by atoms with Gasteiger partial charge in [-0.2, -0.15) is 0 Å². The summed E-state index contributed by atoms with van der Waals surface area (Å²) in [7, 11) is 1.63. The predicted octanol–water partition coefficient (Wildman–Crippen LogP) is 4.26. The number of methoxy groups -OCH3 is 1. The summed E-state index contributed by atoms with van der Waals surface area (Å²) >= 11 is 1.50. The van der Waals surface area contributed by atoms with E-state index in [0.717, 1.165) is 34.8 Å². The molecule has 9 heteroatoms. The third kappa shape index (κ3) is 4.28. The Kier molecular flexibility index (Phi) is 5.95. The van der Waals surface area contributed by atoms with Gasteiger partial charge < -0.3 is 18.9 Å². The summed E-state index contributed by atoms with van der Waals surface area (Å²) < 4.78 is 13.7. The molecule has 0 bridgehead atoms. The number of thiazole rings is 1. The fourth-order valence-corrected chi connectivity index (χ4v) is 4.88. The second-order valence-electron chi connectivity index (χ2n) is 7.96. The van der Waals surface area contributed by atoms with Crippen molar-refractivity contribution in [3.05, 3.63) is 64.5 Å². The molecule has 8 nitrogen and oxygen atoms in total. The molecule has 0 saturated carbocycles. The summed E-state index contributed by atoms with van der Waals surface area (Å²) in [4.78, 5) is 28.5. The van der Waals surface area contributed by atoms with Crippen LogP contribution in [0.2, 0.25) is 0 Å². The lowest BCUT2D eigenvalue weighted by Crippen LogP contribution is -2.39. The third-order valence-electron chi connectivity index (χ3n) is 5.90. The smallest absolute Gasteiger partial charge is 0.273 e. The standard InChI is InChI=1S/C24H25N5O3S/c1-16-26-19(15-33-16)24(30)28-12-9-17(10-13-28)29-22(27-18-6-5-11-25-23(18)29)14-32-21-8-4-3-7-20(21)31-2/h3-8,11,15,17H,9-10,12-14H2,1-2H3. The number of rotatable bonds is 6. The molecule has 0 radical (unpaired) electrons. The van der Waals surface area contributed by atoms with Crippen molar-refractivity contribution in [2.24, 2.45) is 0 Å². The fraction of sp³-hybridized carbons (Fsp3) is 0.333. The van der Waals surface area contributed by atoms with Crippen molar-refractivity contribution in [1.29, 1.82) is 0 Å². The van der Waals surface area contributed by atoms with Crippen LogP contribution >= 0.6 is 11.3 Å². The summed E-state index contributed by atoms with van der Waals surface area (Å²) in [6, 6.07) is 11.6. The van der Waals surface area contributed by atoms with E-state index in [0.29, 0.717) is 36.9 Å². The van der Waals surface area contributed by atoms with Crippen LogP contribution in [-0.4, -0.2) is 50.5 Å². The second-order valence-corrected chi connectivity index (χ2v) is 9.02. The maximum Gasteiger partial charge on any atom is 0.273 e. The third-order valence-corrected chi connectivity index (χ3v) is 6.68. The van der Waals surface area contributed by atoms with Crippen molar-refractivity contribution in [2.45, 2.75) is 32.4 Å². The molecule has 4 heterocycles. The van der Waals surface area contributed by atoms with Crippen molar-refractivity contribution >= 4 is 28.4 Å². The van der Waals surface area contributed by atoms with Gasteiger partial charge >= 0.3 is 0 Å².